The lowest BCUT2D eigenvalue weighted by molar-refractivity contribution is -0.137. The molecule has 26 heavy (non-hydrogen) atoms. The number of benzene rings is 1. The van der Waals surface area contributed by atoms with Crippen molar-refractivity contribution < 1.29 is 27.8 Å². The summed E-state index contributed by atoms with van der Waals surface area (Å²) in [6.45, 7) is 0. The number of phenols is 2. The number of hydrogen-bond donors (Lipinski definition) is 3. The van der Waals surface area contributed by atoms with Crippen LogP contribution in [0.15, 0.2) is 42.7 Å². The molecule has 3 rings (SSSR count). The molecule has 0 aliphatic rings. The molecule has 3 N–H and O–H groups in total. The minimum Gasteiger partial charge on any atom is -0.504 e. The summed E-state index contributed by atoms with van der Waals surface area (Å²) in [4.78, 5) is 11.3. The van der Waals surface area contributed by atoms with Gasteiger partial charge in [0.1, 0.15) is 11.5 Å². The number of nitrogens with zero attached hydrogens (tertiary/aromatic N) is 3. The van der Waals surface area contributed by atoms with Crippen LogP contribution in [0.2, 0.25) is 0 Å². The number of aromatic nitrogens is 3. The molecule has 0 saturated carbocycles. The van der Waals surface area contributed by atoms with Crippen LogP contribution in [0.25, 0.3) is 11.3 Å². The average molecular weight is 366 g/mol. The van der Waals surface area contributed by atoms with Crippen LogP contribution in [-0.4, -0.2) is 25.2 Å². The van der Waals surface area contributed by atoms with Crippen molar-refractivity contribution in [2.75, 3.05) is 5.32 Å². The van der Waals surface area contributed by atoms with Crippen molar-refractivity contribution in [2.45, 2.75) is 6.18 Å². The molecule has 0 radical (unpaired) electrons. The Balaban J connectivity index is 1.94. The van der Waals surface area contributed by atoms with E-state index in [4.69, 9.17) is 0 Å². The van der Waals surface area contributed by atoms with Crippen LogP contribution in [0.1, 0.15) is 5.56 Å². The summed E-state index contributed by atoms with van der Waals surface area (Å²) in [7, 11) is 0. The first kappa shape index (κ1) is 17.4. The van der Waals surface area contributed by atoms with Gasteiger partial charge in [-0.25, -0.2) is 19.3 Å². The minimum atomic E-state index is -4.54. The molecule has 3 aromatic rings. The first-order chi connectivity index (χ1) is 12.2. The second kappa shape index (κ2) is 6.47. The van der Waals surface area contributed by atoms with Gasteiger partial charge in [-0.3, -0.25) is 0 Å². The average Bonchev–Trinajstić information content (AvgIpc) is 2.59. The Bertz CT molecular complexity index is 963. The highest BCUT2D eigenvalue weighted by Gasteiger charge is 2.30. The van der Waals surface area contributed by atoms with Crippen molar-refractivity contribution >= 4 is 11.8 Å². The van der Waals surface area contributed by atoms with E-state index in [1.165, 1.54) is 6.07 Å². The summed E-state index contributed by atoms with van der Waals surface area (Å²) in [6, 6.07) is 5.12. The fourth-order valence-corrected chi connectivity index (χ4v) is 2.09. The summed E-state index contributed by atoms with van der Waals surface area (Å²) < 4.78 is 52.2. The number of nitrogens with one attached hydrogen (secondary N) is 1. The number of aromatic hydroxyl groups is 2. The summed E-state index contributed by atoms with van der Waals surface area (Å²) >= 11 is 0. The van der Waals surface area contributed by atoms with Crippen molar-refractivity contribution in [3.05, 3.63) is 54.1 Å². The maximum absolute atomic E-state index is 14.0. The zero-order valence-electron chi connectivity index (χ0n) is 12.8. The van der Waals surface area contributed by atoms with Gasteiger partial charge >= 0.3 is 6.18 Å². The quantitative estimate of drug-likeness (QED) is 0.482. The molecule has 0 spiro atoms. The lowest BCUT2D eigenvalue weighted by Crippen LogP contribution is -2.07. The predicted molar refractivity (Wildman–Crippen MR) is 83.3 cm³/mol. The molecule has 6 nitrogen and oxygen atoms in total. The van der Waals surface area contributed by atoms with Crippen LogP contribution >= 0.6 is 0 Å². The van der Waals surface area contributed by atoms with E-state index < -0.39 is 29.1 Å². The van der Waals surface area contributed by atoms with Crippen molar-refractivity contribution in [3.8, 4) is 22.8 Å². The van der Waals surface area contributed by atoms with Gasteiger partial charge in [-0.15, -0.1) is 0 Å². The first-order valence-electron chi connectivity index (χ1n) is 7.09. The Morgan fingerprint density at radius 1 is 0.962 bits per heavy atom. The number of rotatable bonds is 3. The van der Waals surface area contributed by atoms with Gasteiger partial charge in [-0.05, 0) is 30.3 Å². The van der Waals surface area contributed by atoms with Crippen molar-refractivity contribution in [2.24, 2.45) is 0 Å². The van der Waals surface area contributed by atoms with Crippen LogP contribution in [0.4, 0.5) is 29.3 Å². The lowest BCUT2D eigenvalue weighted by atomic mass is 10.1. The first-order valence-corrected chi connectivity index (χ1v) is 7.09. The molecule has 0 atom stereocenters. The number of pyridine rings is 1. The third-order valence-corrected chi connectivity index (χ3v) is 3.32. The largest absolute Gasteiger partial charge is 0.504 e. The number of alkyl halides is 3. The van der Waals surface area contributed by atoms with Gasteiger partial charge in [-0.2, -0.15) is 13.2 Å². The molecule has 0 saturated heterocycles. The van der Waals surface area contributed by atoms with Crippen molar-refractivity contribution in [3.63, 3.8) is 0 Å². The third-order valence-electron chi connectivity index (χ3n) is 3.32. The zero-order chi connectivity index (χ0) is 18.9. The van der Waals surface area contributed by atoms with E-state index in [-0.39, 0.29) is 23.0 Å². The highest BCUT2D eigenvalue weighted by atomic mass is 19.4. The SMILES string of the molecule is Oc1ccc(-c2nc(Nc3cc(C(F)(F)F)ccn3)ncc2F)cc1O. The maximum Gasteiger partial charge on any atom is 0.416 e. The molecular formula is C16H10F4N4O2. The van der Waals surface area contributed by atoms with Gasteiger partial charge < -0.3 is 15.5 Å². The molecular weight excluding hydrogens is 356 g/mol. The summed E-state index contributed by atoms with van der Waals surface area (Å²) in [5.74, 6) is -2.06. The number of hydrogen-bond acceptors (Lipinski definition) is 6. The Morgan fingerprint density at radius 2 is 1.73 bits per heavy atom. The molecule has 0 bridgehead atoms. The van der Waals surface area contributed by atoms with E-state index in [0.29, 0.717) is 0 Å². The van der Waals surface area contributed by atoms with Gasteiger partial charge in [0.05, 0.1) is 11.8 Å². The van der Waals surface area contributed by atoms with Crippen LogP contribution in [0.3, 0.4) is 0 Å². The molecule has 134 valence electrons. The predicted octanol–water partition coefficient (Wildman–Crippen LogP) is 3.85. The Labute approximate surface area is 143 Å². The molecule has 0 unspecified atom stereocenters. The monoisotopic (exact) mass is 366 g/mol. The molecule has 2 aromatic heterocycles. The van der Waals surface area contributed by atoms with E-state index in [1.54, 1.807) is 0 Å². The molecule has 0 amide bonds. The Kier molecular flexibility index (Phi) is 4.33. The maximum atomic E-state index is 14.0. The summed E-state index contributed by atoms with van der Waals surface area (Å²) in [6.07, 6.45) is -2.76. The number of phenolic OH excluding ortho intramolecular Hbond substituents is 2. The fourth-order valence-electron chi connectivity index (χ4n) is 2.09. The van der Waals surface area contributed by atoms with E-state index in [9.17, 15) is 27.8 Å². The van der Waals surface area contributed by atoms with Gasteiger partial charge in [0.15, 0.2) is 17.3 Å². The molecule has 10 heteroatoms. The fraction of sp³-hybridized carbons (Fsp3) is 0.0625. The molecule has 2 heterocycles. The van der Waals surface area contributed by atoms with Gasteiger partial charge in [0.25, 0.3) is 0 Å². The van der Waals surface area contributed by atoms with E-state index in [0.717, 1.165) is 36.7 Å². The van der Waals surface area contributed by atoms with Crippen LogP contribution < -0.4 is 5.32 Å². The van der Waals surface area contributed by atoms with E-state index in [1.807, 2.05) is 0 Å². The molecule has 0 aliphatic carbocycles. The standard InChI is InChI=1S/C16H10F4N4O2/c17-10-7-22-15(23-13-6-9(3-4-21-13)16(18,19)20)24-14(10)8-1-2-11(25)12(26)5-8/h1-7,25-26H,(H,21,22,23,24). The van der Waals surface area contributed by atoms with Crippen LogP contribution in [0.5, 0.6) is 11.5 Å². The molecule has 0 fully saturated rings. The van der Waals surface area contributed by atoms with E-state index >= 15 is 0 Å². The minimum absolute atomic E-state index is 0.139. The van der Waals surface area contributed by atoms with Gasteiger partial charge in [-0.1, -0.05) is 0 Å². The van der Waals surface area contributed by atoms with Gasteiger partial charge in [0, 0.05) is 11.8 Å². The topological polar surface area (TPSA) is 91.2 Å². The molecule has 0 aliphatic heterocycles. The van der Waals surface area contributed by atoms with Crippen LogP contribution in [0, 0.1) is 5.82 Å². The zero-order valence-corrected chi connectivity index (χ0v) is 12.8. The van der Waals surface area contributed by atoms with Crippen molar-refractivity contribution in [1.29, 1.82) is 0 Å². The smallest absolute Gasteiger partial charge is 0.416 e. The lowest BCUT2D eigenvalue weighted by Gasteiger charge is -2.10. The highest BCUT2D eigenvalue weighted by molar-refractivity contribution is 5.65. The second-order valence-corrected chi connectivity index (χ2v) is 5.15. The Morgan fingerprint density at radius 3 is 2.42 bits per heavy atom. The van der Waals surface area contributed by atoms with E-state index in [2.05, 4.69) is 20.3 Å². The van der Waals surface area contributed by atoms with Crippen LogP contribution in [-0.2, 0) is 6.18 Å². The number of anilines is 2. The molecule has 1 aromatic carbocycles. The second-order valence-electron chi connectivity index (χ2n) is 5.15. The van der Waals surface area contributed by atoms with Gasteiger partial charge in [0.2, 0.25) is 5.95 Å². The normalized spacial score (nSPS) is 11.4. The number of halogens is 4. The van der Waals surface area contributed by atoms with Crippen molar-refractivity contribution in [1.82, 2.24) is 15.0 Å². The highest BCUT2D eigenvalue weighted by Crippen LogP contribution is 2.32. The third kappa shape index (κ3) is 3.63. The summed E-state index contributed by atoms with van der Waals surface area (Å²) in [5, 5.41) is 21.3. The Hall–Kier alpha value is -3.43. The summed E-state index contributed by atoms with van der Waals surface area (Å²) in [5.41, 5.74) is -0.995.